The van der Waals surface area contributed by atoms with Gasteiger partial charge in [0.05, 0.1) is 0 Å². The number of hydrogen-bond donors (Lipinski definition) is 1. The van der Waals surface area contributed by atoms with E-state index in [0.29, 0.717) is 0 Å². The van der Waals surface area contributed by atoms with Crippen LogP contribution in [0.2, 0.25) is 0 Å². The molecular weight excluding hydrogens is 329 g/mol. The standard InChI is InChI=1S/C17H14F5NO/c1-17(2,3)9-4-5-10(24)8(6-9)7-23-16-14(21)12(19)11(18)13(20)15(16)22/h4-7,24H,1-3H3. The van der Waals surface area contributed by atoms with E-state index in [9.17, 15) is 27.1 Å². The van der Waals surface area contributed by atoms with Crippen LogP contribution in [-0.4, -0.2) is 11.3 Å². The summed E-state index contributed by atoms with van der Waals surface area (Å²) in [5.41, 5.74) is -0.710. The second-order valence-corrected chi connectivity index (χ2v) is 6.20. The van der Waals surface area contributed by atoms with Crippen molar-refractivity contribution in [2.45, 2.75) is 26.2 Å². The fourth-order valence-corrected chi connectivity index (χ4v) is 1.97. The summed E-state index contributed by atoms with van der Waals surface area (Å²) in [6.07, 6.45) is 0.850. The number of phenols is 1. The van der Waals surface area contributed by atoms with Crippen molar-refractivity contribution in [1.82, 2.24) is 0 Å². The molecule has 0 atom stereocenters. The Balaban J connectivity index is 2.54. The lowest BCUT2D eigenvalue weighted by atomic mass is 9.86. The molecule has 0 aromatic heterocycles. The second-order valence-electron chi connectivity index (χ2n) is 6.20. The maximum absolute atomic E-state index is 13.6. The molecular formula is C17H14F5NO. The summed E-state index contributed by atoms with van der Waals surface area (Å²) in [7, 11) is 0. The van der Waals surface area contributed by atoms with Gasteiger partial charge in [0, 0.05) is 11.8 Å². The van der Waals surface area contributed by atoms with E-state index >= 15 is 0 Å². The average Bonchev–Trinajstić information content (AvgIpc) is 2.51. The average molecular weight is 343 g/mol. The van der Waals surface area contributed by atoms with Crippen molar-refractivity contribution < 1.29 is 27.1 Å². The molecule has 0 heterocycles. The van der Waals surface area contributed by atoms with Gasteiger partial charge >= 0.3 is 0 Å². The highest BCUT2D eigenvalue weighted by Crippen LogP contribution is 2.30. The van der Waals surface area contributed by atoms with Crippen LogP contribution in [0, 0.1) is 29.1 Å². The molecule has 2 aromatic carbocycles. The third kappa shape index (κ3) is 3.25. The number of nitrogens with zero attached hydrogens (tertiary/aromatic N) is 1. The molecule has 1 N–H and O–H groups in total. The van der Waals surface area contributed by atoms with E-state index in [1.807, 2.05) is 20.8 Å². The molecule has 2 nitrogen and oxygen atoms in total. The van der Waals surface area contributed by atoms with E-state index < -0.39 is 34.8 Å². The maximum atomic E-state index is 13.6. The molecule has 0 fully saturated rings. The lowest BCUT2D eigenvalue weighted by Crippen LogP contribution is -2.11. The predicted molar refractivity (Wildman–Crippen MR) is 80.3 cm³/mol. The van der Waals surface area contributed by atoms with Crippen LogP contribution in [0.5, 0.6) is 5.75 Å². The van der Waals surface area contributed by atoms with E-state index in [1.165, 1.54) is 12.1 Å². The Kier molecular flexibility index (Phi) is 4.64. The Hall–Kier alpha value is -2.44. The zero-order valence-electron chi connectivity index (χ0n) is 13.1. The normalized spacial score (nSPS) is 12.2. The van der Waals surface area contributed by atoms with Crippen LogP contribution in [0.1, 0.15) is 31.9 Å². The number of halogens is 5. The number of benzene rings is 2. The first-order valence-electron chi connectivity index (χ1n) is 6.93. The van der Waals surface area contributed by atoms with Crippen LogP contribution >= 0.6 is 0 Å². The fraction of sp³-hybridized carbons (Fsp3) is 0.235. The van der Waals surface area contributed by atoms with E-state index in [4.69, 9.17) is 0 Å². The fourth-order valence-electron chi connectivity index (χ4n) is 1.97. The first-order chi connectivity index (χ1) is 11.0. The molecule has 0 saturated heterocycles. The van der Waals surface area contributed by atoms with Gasteiger partial charge in [-0.25, -0.2) is 26.9 Å². The number of aromatic hydroxyl groups is 1. The van der Waals surface area contributed by atoms with E-state index in [0.717, 1.165) is 11.8 Å². The lowest BCUT2D eigenvalue weighted by molar-refractivity contribution is 0.381. The van der Waals surface area contributed by atoms with Crippen LogP contribution < -0.4 is 0 Å². The van der Waals surface area contributed by atoms with Gasteiger partial charge in [0.1, 0.15) is 11.4 Å². The minimum absolute atomic E-state index is 0.0892. The number of hydrogen-bond acceptors (Lipinski definition) is 2. The Morgan fingerprint density at radius 1 is 0.875 bits per heavy atom. The van der Waals surface area contributed by atoms with Crippen molar-refractivity contribution in [2.24, 2.45) is 4.99 Å². The molecule has 0 aliphatic rings. The quantitative estimate of drug-likeness (QED) is 0.348. The highest BCUT2D eigenvalue weighted by molar-refractivity contribution is 5.85. The number of rotatable bonds is 2. The van der Waals surface area contributed by atoms with Crippen molar-refractivity contribution in [2.75, 3.05) is 0 Å². The second kappa shape index (κ2) is 6.22. The molecule has 2 aromatic rings. The Labute approximate surface area is 135 Å². The summed E-state index contributed by atoms with van der Waals surface area (Å²) in [4.78, 5) is 3.34. The maximum Gasteiger partial charge on any atom is 0.200 e. The van der Waals surface area contributed by atoms with E-state index in [2.05, 4.69) is 4.99 Å². The van der Waals surface area contributed by atoms with Crippen molar-refractivity contribution >= 4 is 11.9 Å². The van der Waals surface area contributed by atoms with Crippen molar-refractivity contribution in [1.29, 1.82) is 0 Å². The first-order valence-corrected chi connectivity index (χ1v) is 6.93. The van der Waals surface area contributed by atoms with Gasteiger partial charge in [0.2, 0.25) is 5.82 Å². The molecule has 128 valence electrons. The summed E-state index contributed by atoms with van der Waals surface area (Å²) in [5, 5.41) is 9.78. The molecule has 7 heteroatoms. The summed E-state index contributed by atoms with van der Waals surface area (Å²) in [5.74, 6) is -10.7. The minimum atomic E-state index is -2.25. The first kappa shape index (κ1) is 17.9. The van der Waals surface area contributed by atoms with Crippen LogP contribution in [0.4, 0.5) is 27.6 Å². The van der Waals surface area contributed by atoms with Crippen molar-refractivity contribution in [3.63, 3.8) is 0 Å². The molecule has 0 bridgehead atoms. The SMILES string of the molecule is CC(C)(C)c1ccc(O)c(C=Nc2c(F)c(F)c(F)c(F)c2F)c1. The Morgan fingerprint density at radius 2 is 1.38 bits per heavy atom. The molecule has 0 spiro atoms. The molecule has 0 saturated carbocycles. The van der Waals surface area contributed by atoms with Gasteiger partial charge < -0.3 is 5.11 Å². The Morgan fingerprint density at radius 3 is 1.88 bits per heavy atom. The third-order valence-corrected chi connectivity index (χ3v) is 3.41. The van der Waals surface area contributed by atoms with Crippen LogP contribution in [-0.2, 0) is 5.41 Å². The highest BCUT2D eigenvalue weighted by atomic mass is 19.2. The Bertz CT molecular complexity index is 796. The zero-order chi connectivity index (χ0) is 18.2. The molecule has 0 amide bonds. The van der Waals surface area contributed by atoms with Gasteiger partial charge in [-0.05, 0) is 23.1 Å². The molecule has 0 radical (unpaired) electrons. The lowest BCUT2D eigenvalue weighted by Gasteiger charge is -2.19. The summed E-state index contributed by atoms with van der Waals surface area (Å²) >= 11 is 0. The summed E-state index contributed by atoms with van der Waals surface area (Å²) in [6, 6.07) is 4.54. The highest BCUT2D eigenvalue weighted by Gasteiger charge is 2.25. The van der Waals surface area contributed by atoms with Crippen LogP contribution in [0.15, 0.2) is 23.2 Å². The molecule has 0 aliphatic heterocycles. The molecule has 2 rings (SSSR count). The van der Waals surface area contributed by atoms with E-state index in [1.54, 1.807) is 6.07 Å². The minimum Gasteiger partial charge on any atom is -0.507 e. The van der Waals surface area contributed by atoms with Gasteiger partial charge in [-0.3, -0.25) is 0 Å². The van der Waals surface area contributed by atoms with Crippen molar-refractivity contribution in [3.8, 4) is 5.75 Å². The van der Waals surface area contributed by atoms with Gasteiger partial charge in [-0.2, -0.15) is 0 Å². The van der Waals surface area contributed by atoms with Crippen LogP contribution in [0.25, 0.3) is 0 Å². The number of phenolic OH excluding ortho intramolecular Hbond substituents is 1. The molecule has 24 heavy (non-hydrogen) atoms. The predicted octanol–water partition coefficient (Wildman–Crippen LogP) is 5.14. The van der Waals surface area contributed by atoms with E-state index in [-0.39, 0.29) is 16.7 Å². The summed E-state index contributed by atoms with van der Waals surface area (Å²) in [6.45, 7) is 5.72. The molecule has 0 unspecified atom stereocenters. The van der Waals surface area contributed by atoms with Crippen LogP contribution in [0.3, 0.4) is 0 Å². The monoisotopic (exact) mass is 343 g/mol. The van der Waals surface area contributed by atoms with Gasteiger partial charge in [0.25, 0.3) is 0 Å². The largest absolute Gasteiger partial charge is 0.507 e. The number of aliphatic imine (C=N–C) groups is 1. The zero-order valence-corrected chi connectivity index (χ0v) is 13.1. The van der Waals surface area contributed by atoms with Gasteiger partial charge in [-0.1, -0.05) is 26.8 Å². The summed E-state index contributed by atoms with van der Waals surface area (Å²) < 4.78 is 66.4. The van der Waals surface area contributed by atoms with Gasteiger partial charge in [0.15, 0.2) is 23.3 Å². The molecule has 0 aliphatic carbocycles. The smallest absolute Gasteiger partial charge is 0.200 e. The third-order valence-electron chi connectivity index (χ3n) is 3.41. The van der Waals surface area contributed by atoms with Crippen molar-refractivity contribution in [3.05, 3.63) is 58.4 Å². The topological polar surface area (TPSA) is 32.6 Å². The van der Waals surface area contributed by atoms with Gasteiger partial charge in [-0.15, -0.1) is 0 Å².